The standard InChI is InChI=1S/C15H21NO3/c1-15(2)8-13(17)9-16(11-15)14(18)19-10-12-6-4-3-5-7-12/h3-7,13,17H,8-11H2,1-2H3. The molecule has 1 amide bonds. The van der Waals surface area contributed by atoms with Gasteiger partial charge in [0.05, 0.1) is 6.10 Å². The number of carbonyl (C=O) groups is 1. The van der Waals surface area contributed by atoms with Gasteiger partial charge in [-0.05, 0) is 17.4 Å². The van der Waals surface area contributed by atoms with Crippen LogP contribution in [0.3, 0.4) is 0 Å². The number of hydrogen-bond acceptors (Lipinski definition) is 3. The van der Waals surface area contributed by atoms with Gasteiger partial charge in [-0.1, -0.05) is 44.2 Å². The molecule has 0 aliphatic carbocycles. The molecule has 1 aromatic rings. The highest BCUT2D eigenvalue weighted by molar-refractivity contribution is 5.68. The monoisotopic (exact) mass is 263 g/mol. The first-order valence-corrected chi connectivity index (χ1v) is 6.60. The second-order valence-electron chi connectivity index (χ2n) is 5.94. The third-order valence-corrected chi connectivity index (χ3v) is 3.30. The molecule has 1 heterocycles. The smallest absolute Gasteiger partial charge is 0.410 e. The van der Waals surface area contributed by atoms with E-state index >= 15 is 0 Å². The van der Waals surface area contributed by atoms with Crippen LogP contribution in [0.1, 0.15) is 25.8 Å². The Balaban J connectivity index is 1.89. The number of carbonyl (C=O) groups excluding carboxylic acids is 1. The van der Waals surface area contributed by atoms with Crippen molar-refractivity contribution in [3.63, 3.8) is 0 Å². The number of piperidine rings is 1. The number of aliphatic hydroxyl groups excluding tert-OH is 1. The first-order chi connectivity index (χ1) is 8.96. The summed E-state index contributed by atoms with van der Waals surface area (Å²) in [5.41, 5.74) is 0.899. The van der Waals surface area contributed by atoms with Crippen LogP contribution in [0.5, 0.6) is 0 Å². The molecule has 1 aromatic carbocycles. The summed E-state index contributed by atoms with van der Waals surface area (Å²) in [6.45, 7) is 5.35. The van der Waals surface area contributed by atoms with Gasteiger partial charge in [-0.25, -0.2) is 4.79 Å². The fourth-order valence-electron chi connectivity index (χ4n) is 2.55. The summed E-state index contributed by atoms with van der Waals surface area (Å²) < 4.78 is 5.29. The maximum absolute atomic E-state index is 12.0. The number of ether oxygens (including phenoxy) is 1. The van der Waals surface area contributed by atoms with E-state index in [4.69, 9.17) is 4.74 Å². The molecule has 0 spiro atoms. The van der Waals surface area contributed by atoms with Crippen molar-refractivity contribution in [1.29, 1.82) is 0 Å². The van der Waals surface area contributed by atoms with Gasteiger partial charge in [0.2, 0.25) is 0 Å². The molecule has 2 rings (SSSR count). The molecular weight excluding hydrogens is 242 g/mol. The van der Waals surface area contributed by atoms with E-state index in [2.05, 4.69) is 0 Å². The highest BCUT2D eigenvalue weighted by Gasteiger charge is 2.34. The fraction of sp³-hybridized carbons (Fsp3) is 0.533. The Morgan fingerprint density at radius 2 is 2.11 bits per heavy atom. The molecular formula is C15H21NO3. The van der Waals surface area contributed by atoms with Gasteiger partial charge >= 0.3 is 6.09 Å². The van der Waals surface area contributed by atoms with E-state index in [1.807, 2.05) is 44.2 Å². The summed E-state index contributed by atoms with van der Waals surface area (Å²) in [4.78, 5) is 13.6. The number of nitrogens with zero attached hydrogens (tertiary/aromatic N) is 1. The Kier molecular flexibility index (Phi) is 4.10. The number of aliphatic hydroxyl groups is 1. The van der Waals surface area contributed by atoms with Crippen molar-refractivity contribution >= 4 is 6.09 Å². The zero-order valence-corrected chi connectivity index (χ0v) is 11.5. The van der Waals surface area contributed by atoms with E-state index in [0.717, 1.165) is 12.0 Å². The lowest BCUT2D eigenvalue weighted by Gasteiger charge is -2.39. The van der Waals surface area contributed by atoms with Gasteiger partial charge in [-0.2, -0.15) is 0 Å². The lowest BCUT2D eigenvalue weighted by atomic mass is 9.83. The second kappa shape index (κ2) is 5.61. The number of rotatable bonds is 2. The molecule has 1 aliphatic rings. The van der Waals surface area contributed by atoms with Crippen LogP contribution in [0.15, 0.2) is 30.3 Å². The van der Waals surface area contributed by atoms with Crippen molar-refractivity contribution in [2.24, 2.45) is 5.41 Å². The highest BCUT2D eigenvalue weighted by Crippen LogP contribution is 2.29. The molecule has 1 fully saturated rings. The topological polar surface area (TPSA) is 49.8 Å². The molecule has 1 aliphatic heterocycles. The zero-order chi connectivity index (χ0) is 13.9. The molecule has 19 heavy (non-hydrogen) atoms. The third kappa shape index (κ3) is 3.96. The van der Waals surface area contributed by atoms with Crippen molar-refractivity contribution in [2.75, 3.05) is 13.1 Å². The fourth-order valence-corrected chi connectivity index (χ4v) is 2.55. The Morgan fingerprint density at radius 1 is 1.42 bits per heavy atom. The minimum atomic E-state index is -0.465. The summed E-state index contributed by atoms with van der Waals surface area (Å²) in [5, 5.41) is 9.80. The number of benzene rings is 1. The Bertz CT molecular complexity index is 430. The van der Waals surface area contributed by atoms with Gasteiger partial charge in [-0.15, -0.1) is 0 Å². The van der Waals surface area contributed by atoms with Crippen LogP contribution >= 0.6 is 0 Å². The van der Waals surface area contributed by atoms with Gasteiger partial charge in [0.15, 0.2) is 0 Å². The number of likely N-dealkylation sites (tertiary alicyclic amines) is 1. The molecule has 1 saturated heterocycles. The van der Waals surface area contributed by atoms with Crippen LogP contribution in [0.4, 0.5) is 4.79 Å². The normalized spacial score (nSPS) is 22.1. The Hall–Kier alpha value is -1.55. The van der Waals surface area contributed by atoms with Gasteiger partial charge in [-0.3, -0.25) is 0 Å². The van der Waals surface area contributed by atoms with Crippen LogP contribution in [0, 0.1) is 5.41 Å². The van der Waals surface area contributed by atoms with Crippen molar-refractivity contribution < 1.29 is 14.6 Å². The van der Waals surface area contributed by atoms with E-state index in [1.54, 1.807) is 4.90 Å². The molecule has 0 bridgehead atoms. The summed E-state index contributed by atoms with van der Waals surface area (Å²) in [7, 11) is 0. The second-order valence-corrected chi connectivity index (χ2v) is 5.94. The Morgan fingerprint density at radius 3 is 2.74 bits per heavy atom. The van der Waals surface area contributed by atoms with Crippen LogP contribution in [-0.2, 0) is 11.3 Å². The van der Waals surface area contributed by atoms with E-state index in [1.165, 1.54) is 0 Å². The molecule has 4 nitrogen and oxygen atoms in total. The van der Waals surface area contributed by atoms with Crippen LogP contribution in [-0.4, -0.2) is 35.3 Å². The van der Waals surface area contributed by atoms with E-state index in [-0.39, 0.29) is 18.1 Å². The third-order valence-electron chi connectivity index (χ3n) is 3.30. The van der Waals surface area contributed by atoms with Gasteiger partial charge in [0.25, 0.3) is 0 Å². The lowest BCUT2D eigenvalue weighted by Crippen LogP contribution is -2.49. The number of β-amino-alcohol motifs (C(OH)–C–C–N with tert-alkyl or cyclic N) is 1. The average molecular weight is 263 g/mol. The zero-order valence-electron chi connectivity index (χ0n) is 11.5. The summed E-state index contributed by atoms with van der Waals surface area (Å²) in [6.07, 6.45) is -0.0983. The summed E-state index contributed by atoms with van der Waals surface area (Å²) in [5.74, 6) is 0. The van der Waals surface area contributed by atoms with E-state index in [9.17, 15) is 9.90 Å². The van der Waals surface area contributed by atoms with Crippen molar-refractivity contribution in [3.05, 3.63) is 35.9 Å². The van der Waals surface area contributed by atoms with Crippen molar-refractivity contribution in [1.82, 2.24) is 4.90 Å². The van der Waals surface area contributed by atoms with Gasteiger partial charge in [0, 0.05) is 13.1 Å². The quantitative estimate of drug-likeness (QED) is 0.891. The molecule has 0 aromatic heterocycles. The molecule has 0 saturated carbocycles. The maximum atomic E-state index is 12.0. The Labute approximate surface area is 114 Å². The predicted octanol–water partition coefficient (Wildman–Crippen LogP) is 2.42. The SMILES string of the molecule is CC1(C)CC(O)CN(C(=O)OCc2ccccc2)C1. The number of amides is 1. The number of hydrogen-bond donors (Lipinski definition) is 1. The largest absolute Gasteiger partial charge is 0.445 e. The summed E-state index contributed by atoms with van der Waals surface area (Å²) in [6, 6.07) is 9.59. The van der Waals surface area contributed by atoms with E-state index in [0.29, 0.717) is 13.1 Å². The molecule has 104 valence electrons. The predicted molar refractivity (Wildman–Crippen MR) is 72.6 cm³/mol. The molecule has 1 atom stereocenters. The summed E-state index contributed by atoms with van der Waals surface area (Å²) >= 11 is 0. The van der Waals surface area contributed by atoms with Crippen LogP contribution in [0.25, 0.3) is 0 Å². The van der Waals surface area contributed by atoms with Crippen molar-refractivity contribution in [2.45, 2.75) is 33.0 Å². The lowest BCUT2D eigenvalue weighted by molar-refractivity contribution is 0.000537. The maximum Gasteiger partial charge on any atom is 0.410 e. The van der Waals surface area contributed by atoms with Crippen LogP contribution < -0.4 is 0 Å². The van der Waals surface area contributed by atoms with Crippen molar-refractivity contribution in [3.8, 4) is 0 Å². The van der Waals surface area contributed by atoms with Crippen LogP contribution in [0.2, 0.25) is 0 Å². The molecule has 1 N–H and O–H groups in total. The minimum Gasteiger partial charge on any atom is -0.445 e. The molecule has 0 radical (unpaired) electrons. The average Bonchev–Trinajstić information content (AvgIpc) is 2.34. The minimum absolute atomic E-state index is 0.0660. The first kappa shape index (κ1) is 13.9. The van der Waals surface area contributed by atoms with Gasteiger partial charge < -0.3 is 14.7 Å². The first-order valence-electron chi connectivity index (χ1n) is 6.60. The molecule has 4 heteroatoms. The van der Waals surface area contributed by atoms with Gasteiger partial charge in [0.1, 0.15) is 6.61 Å². The molecule has 1 unspecified atom stereocenters. The van der Waals surface area contributed by atoms with E-state index < -0.39 is 6.10 Å². The highest BCUT2D eigenvalue weighted by atomic mass is 16.6.